The SMILES string of the molecule is O=C1C(SCc2ccccc2)=C(c2ccccc2)C(=O)N1c1ccccc1F. The molecule has 0 fully saturated rings. The van der Waals surface area contributed by atoms with Crippen LogP contribution in [0.25, 0.3) is 5.57 Å². The van der Waals surface area contributed by atoms with Gasteiger partial charge in [-0.1, -0.05) is 72.8 Å². The molecule has 4 rings (SSSR count). The maximum absolute atomic E-state index is 14.3. The van der Waals surface area contributed by atoms with E-state index in [-0.39, 0.29) is 5.69 Å². The number of para-hydroxylation sites is 1. The van der Waals surface area contributed by atoms with Gasteiger partial charge in [0.15, 0.2) is 0 Å². The van der Waals surface area contributed by atoms with Gasteiger partial charge in [-0.05, 0) is 23.3 Å². The zero-order chi connectivity index (χ0) is 19.5. The molecule has 0 radical (unpaired) electrons. The molecule has 2 amide bonds. The van der Waals surface area contributed by atoms with Crippen molar-refractivity contribution < 1.29 is 14.0 Å². The number of benzene rings is 3. The van der Waals surface area contributed by atoms with Gasteiger partial charge in [0.1, 0.15) is 5.82 Å². The van der Waals surface area contributed by atoms with E-state index in [1.54, 1.807) is 18.2 Å². The van der Waals surface area contributed by atoms with Crippen LogP contribution in [0.5, 0.6) is 0 Å². The van der Waals surface area contributed by atoms with E-state index in [1.807, 2.05) is 48.5 Å². The third-order valence-electron chi connectivity index (χ3n) is 4.42. The van der Waals surface area contributed by atoms with E-state index in [4.69, 9.17) is 0 Å². The molecule has 0 atom stereocenters. The predicted molar refractivity (Wildman–Crippen MR) is 110 cm³/mol. The fourth-order valence-electron chi connectivity index (χ4n) is 3.08. The van der Waals surface area contributed by atoms with Crippen LogP contribution < -0.4 is 4.90 Å². The zero-order valence-corrected chi connectivity index (χ0v) is 15.7. The van der Waals surface area contributed by atoms with Crippen LogP contribution in [0.15, 0.2) is 89.8 Å². The van der Waals surface area contributed by atoms with Gasteiger partial charge in [0.05, 0.1) is 16.2 Å². The minimum Gasteiger partial charge on any atom is -0.268 e. The minimum atomic E-state index is -0.606. The van der Waals surface area contributed by atoms with Crippen molar-refractivity contribution >= 4 is 34.8 Å². The van der Waals surface area contributed by atoms with Gasteiger partial charge in [-0.2, -0.15) is 0 Å². The molecule has 0 saturated heterocycles. The Morgan fingerprint density at radius 3 is 2.04 bits per heavy atom. The molecule has 28 heavy (non-hydrogen) atoms. The number of rotatable bonds is 5. The van der Waals surface area contributed by atoms with Crippen LogP contribution in [-0.4, -0.2) is 11.8 Å². The van der Waals surface area contributed by atoms with E-state index in [0.717, 1.165) is 10.5 Å². The molecule has 1 aliphatic rings. The predicted octanol–water partition coefficient (Wildman–Crippen LogP) is 5.04. The van der Waals surface area contributed by atoms with Crippen molar-refractivity contribution in [2.75, 3.05) is 4.90 Å². The van der Waals surface area contributed by atoms with Crippen LogP contribution in [0.3, 0.4) is 0 Å². The second kappa shape index (κ2) is 7.82. The highest BCUT2D eigenvalue weighted by atomic mass is 32.2. The first-order chi connectivity index (χ1) is 13.7. The summed E-state index contributed by atoms with van der Waals surface area (Å²) in [6.07, 6.45) is 0. The molecular weight excluding hydrogens is 373 g/mol. The van der Waals surface area contributed by atoms with Crippen molar-refractivity contribution in [3.05, 3.63) is 107 Å². The average molecular weight is 389 g/mol. The Balaban J connectivity index is 1.75. The lowest BCUT2D eigenvalue weighted by atomic mass is 10.1. The number of amides is 2. The third kappa shape index (κ3) is 3.37. The minimum absolute atomic E-state index is 0.0266. The van der Waals surface area contributed by atoms with Gasteiger partial charge < -0.3 is 0 Å². The summed E-state index contributed by atoms with van der Waals surface area (Å²) in [7, 11) is 0. The number of carbonyl (C=O) groups excluding carboxylic acids is 2. The normalized spacial score (nSPS) is 14.1. The highest BCUT2D eigenvalue weighted by Crippen LogP contribution is 2.40. The van der Waals surface area contributed by atoms with Gasteiger partial charge in [-0.3, -0.25) is 9.59 Å². The first-order valence-electron chi connectivity index (χ1n) is 8.76. The molecule has 5 heteroatoms. The summed E-state index contributed by atoms with van der Waals surface area (Å²) in [6.45, 7) is 0. The molecule has 1 heterocycles. The lowest BCUT2D eigenvalue weighted by molar-refractivity contribution is -0.119. The molecule has 1 aliphatic heterocycles. The summed E-state index contributed by atoms with van der Waals surface area (Å²) in [4.78, 5) is 27.6. The number of hydrogen-bond acceptors (Lipinski definition) is 3. The number of anilines is 1. The molecule has 138 valence electrons. The fraction of sp³-hybridized carbons (Fsp3) is 0.0435. The second-order valence-electron chi connectivity index (χ2n) is 6.24. The Hall–Kier alpha value is -3.18. The number of thioether (sulfide) groups is 1. The van der Waals surface area contributed by atoms with Crippen LogP contribution in [-0.2, 0) is 15.3 Å². The Morgan fingerprint density at radius 1 is 0.750 bits per heavy atom. The first-order valence-corrected chi connectivity index (χ1v) is 9.75. The second-order valence-corrected chi connectivity index (χ2v) is 7.23. The lowest BCUT2D eigenvalue weighted by Crippen LogP contribution is -2.32. The molecule has 3 aromatic rings. The Bertz CT molecular complexity index is 1060. The molecule has 3 aromatic carbocycles. The molecule has 0 aromatic heterocycles. The average Bonchev–Trinajstić information content (AvgIpc) is 2.98. The van der Waals surface area contributed by atoms with E-state index < -0.39 is 17.6 Å². The largest absolute Gasteiger partial charge is 0.272 e. The molecular formula is C23H16FNO2S. The van der Waals surface area contributed by atoms with Gasteiger partial charge in [0.25, 0.3) is 11.8 Å². The van der Waals surface area contributed by atoms with Crippen molar-refractivity contribution in [3.63, 3.8) is 0 Å². The van der Waals surface area contributed by atoms with Crippen molar-refractivity contribution in [3.8, 4) is 0 Å². The van der Waals surface area contributed by atoms with Crippen LogP contribution in [0.4, 0.5) is 10.1 Å². The topological polar surface area (TPSA) is 37.4 Å². The standard InChI is InChI=1S/C23H16FNO2S/c24-18-13-7-8-14-19(18)25-22(26)20(17-11-5-2-6-12-17)21(23(25)27)28-15-16-9-3-1-4-10-16/h1-14H,15H2. The van der Waals surface area contributed by atoms with Crippen LogP contribution in [0, 0.1) is 5.82 Å². The van der Waals surface area contributed by atoms with Crippen LogP contribution >= 0.6 is 11.8 Å². The number of imide groups is 1. The summed E-state index contributed by atoms with van der Waals surface area (Å²) in [5.41, 5.74) is 1.98. The smallest absolute Gasteiger partial charge is 0.268 e. The molecule has 0 spiro atoms. The number of halogens is 1. The van der Waals surface area contributed by atoms with Gasteiger partial charge in [-0.25, -0.2) is 9.29 Å². The lowest BCUT2D eigenvalue weighted by Gasteiger charge is -2.15. The van der Waals surface area contributed by atoms with Crippen molar-refractivity contribution in [2.24, 2.45) is 0 Å². The Kier molecular flexibility index (Phi) is 5.08. The van der Waals surface area contributed by atoms with Crippen molar-refractivity contribution in [2.45, 2.75) is 5.75 Å². The van der Waals surface area contributed by atoms with Gasteiger partial charge in [0, 0.05) is 5.75 Å². The fourth-order valence-corrected chi connectivity index (χ4v) is 4.15. The monoisotopic (exact) mass is 389 g/mol. The Labute approximate surface area is 166 Å². The summed E-state index contributed by atoms with van der Waals surface area (Å²) in [5.74, 6) is -1.06. The maximum Gasteiger partial charge on any atom is 0.272 e. The van der Waals surface area contributed by atoms with Crippen molar-refractivity contribution in [1.82, 2.24) is 0 Å². The zero-order valence-electron chi connectivity index (χ0n) is 14.8. The highest BCUT2D eigenvalue weighted by molar-refractivity contribution is 8.03. The first kappa shape index (κ1) is 18.2. The summed E-state index contributed by atoms with van der Waals surface area (Å²) >= 11 is 1.30. The quantitative estimate of drug-likeness (QED) is 0.574. The third-order valence-corrected chi connectivity index (χ3v) is 5.57. The van der Waals surface area contributed by atoms with Crippen LogP contribution in [0.1, 0.15) is 11.1 Å². The number of carbonyl (C=O) groups is 2. The van der Waals surface area contributed by atoms with E-state index >= 15 is 0 Å². The molecule has 0 N–H and O–H groups in total. The summed E-state index contributed by atoms with van der Waals surface area (Å²) < 4.78 is 14.3. The molecule has 3 nitrogen and oxygen atoms in total. The maximum atomic E-state index is 14.3. The molecule has 0 bridgehead atoms. The van der Waals surface area contributed by atoms with E-state index in [2.05, 4.69) is 0 Å². The number of nitrogens with zero attached hydrogens (tertiary/aromatic N) is 1. The van der Waals surface area contributed by atoms with Crippen LogP contribution in [0.2, 0.25) is 0 Å². The van der Waals surface area contributed by atoms with Gasteiger partial charge >= 0.3 is 0 Å². The van der Waals surface area contributed by atoms with Gasteiger partial charge in [0.2, 0.25) is 0 Å². The van der Waals surface area contributed by atoms with E-state index in [0.29, 0.717) is 21.8 Å². The van der Waals surface area contributed by atoms with E-state index in [9.17, 15) is 14.0 Å². The molecule has 0 unspecified atom stereocenters. The van der Waals surface area contributed by atoms with E-state index in [1.165, 1.54) is 30.0 Å². The highest BCUT2D eigenvalue weighted by Gasteiger charge is 2.41. The van der Waals surface area contributed by atoms with Crippen molar-refractivity contribution in [1.29, 1.82) is 0 Å². The van der Waals surface area contributed by atoms with Gasteiger partial charge in [-0.15, -0.1) is 11.8 Å². The molecule has 0 aliphatic carbocycles. The Morgan fingerprint density at radius 2 is 1.36 bits per heavy atom. The summed E-state index contributed by atoms with van der Waals surface area (Å²) in [5, 5.41) is 0. The number of hydrogen-bond donors (Lipinski definition) is 0. The molecule has 0 saturated carbocycles. The summed E-state index contributed by atoms with van der Waals surface area (Å²) in [6, 6.07) is 24.6.